The van der Waals surface area contributed by atoms with Crippen molar-refractivity contribution >= 4 is 27.1 Å². The summed E-state index contributed by atoms with van der Waals surface area (Å²) in [7, 11) is -3.79. The average Bonchev–Trinajstić information content (AvgIpc) is 2.59. The van der Waals surface area contributed by atoms with Crippen molar-refractivity contribution in [1.29, 1.82) is 0 Å². The van der Waals surface area contributed by atoms with Crippen LogP contribution in [0.4, 0.5) is 11.4 Å². The first-order valence-corrected chi connectivity index (χ1v) is 9.34. The van der Waals surface area contributed by atoms with Gasteiger partial charge in [0, 0.05) is 24.9 Å². The van der Waals surface area contributed by atoms with Crippen LogP contribution in [-0.2, 0) is 14.8 Å². The summed E-state index contributed by atoms with van der Waals surface area (Å²) in [5.41, 5.74) is 3.24. The third-order valence-corrected chi connectivity index (χ3v) is 5.86. The molecule has 9 nitrogen and oxygen atoms in total. The zero-order valence-corrected chi connectivity index (χ0v) is 15.2. The molecule has 0 radical (unpaired) electrons. The van der Waals surface area contributed by atoms with Crippen LogP contribution in [0.2, 0.25) is 0 Å². The van der Waals surface area contributed by atoms with Gasteiger partial charge in [-0.05, 0) is 25.0 Å². The van der Waals surface area contributed by atoms with Crippen LogP contribution in [0.3, 0.4) is 0 Å². The van der Waals surface area contributed by atoms with Gasteiger partial charge in [0.1, 0.15) is 5.69 Å². The molecule has 0 saturated carbocycles. The van der Waals surface area contributed by atoms with E-state index in [9.17, 15) is 18.5 Å². The van der Waals surface area contributed by atoms with E-state index in [0.29, 0.717) is 13.2 Å². The molecule has 0 bridgehead atoms. The van der Waals surface area contributed by atoms with E-state index in [2.05, 4.69) is 10.5 Å². The predicted octanol–water partition coefficient (Wildman–Crippen LogP) is 2.06. The van der Waals surface area contributed by atoms with Gasteiger partial charge in [-0.25, -0.2) is 8.42 Å². The molecule has 0 aliphatic carbocycles. The maximum Gasteiger partial charge on any atom is 0.295 e. The average molecular weight is 370 g/mol. The van der Waals surface area contributed by atoms with Gasteiger partial charge in [0.2, 0.25) is 10.0 Å². The van der Waals surface area contributed by atoms with Gasteiger partial charge in [-0.15, -0.1) is 0 Å². The standard InChI is InChI=1S/C15H22N4O5S/c1-11(2)12(3)16-17-14-5-4-13(10-15(14)19(20)21)25(22,23)18-6-8-24-9-7-18/h4-5,10-11,17H,6-9H2,1-3H3/b16-12-. The number of benzene rings is 1. The topological polar surface area (TPSA) is 114 Å². The minimum Gasteiger partial charge on any atom is -0.379 e. The van der Waals surface area contributed by atoms with Crippen LogP contribution in [-0.4, -0.2) is 49.7 Å². The lowest BCUT2D eigenvalue weighted by Gasteiger charge is -2.26. The monoisotopic (exact) mass is 370 g/mol. The van der Waals surface area contributed by atoms with Crippen LogP contribution in [0.5, 0.6) is 0 Å². The van der Waals surface area contributed by atoms with Gasteiger partial charge >= 0.3 is 0 Å². The predicted molar refractivity (Wildman–Crippen MR) is 94.2 cm³/mol. The fraction of sp³-hybridized carbons (Fsp3) is 0.533. The molecule has 0 amide bonds. The van der Waals surface area contributed by atoms with Gasteiger partial charge in [0.05, 0.1) is 23.0 Å². The third-order valence-electron chi connectivity index (χ3n) is 3.96. The van der Waals surface area contributed by atoms with Gasteiger partial charge in [0.15, 0.2) is 0 Å². The molecule has 1 aliphatic rings. The third kappa shape index (κ3) is 4.53. The van der Waals surface area contributed by atoms with Crippen LogP contribution in [0.15, 0.2) is 28.2 Å². The number of nitrogens with one attached hydrogen (secondary N) is 1. The van der Waals surface area contributed by atoms with Gasteiger partial charge in [-0.1, -0.05) is 13.8 Å². The molecular formula is C15H22N4O5S. The number of nitro groups is 1. The molecular weight excluding hydrogens is 348 g/mol. The van der Waals surface area contributed by atoms with Crippen molar-refractivity contribution < 1.29 is 18.1 Å². The number of hydrogen-bond donors (Lipinski definition) is 1. The highest BCUT2D eigenvalue weighted by atomic mass is 32.2. The van der Waals surface area contributed by atoms with E-state index >= 15 is 0 Å². The van der Waals surface area contributed by atoms with Crippen molar-refractivity contribution in [2.24, 2.45) is 11.0 Å². The summed E-state index contributed by atoms with van der Waals surface area (Å²) in [5.74, 6) is 0.188. The summed E-state index contributed by atoms with van der Waals surface area (Å²) >= 11 is 0. The molecule has 0 unspecified atom stereocenters. The molecule has 0 atom stereocenters. The van der Waals surface area contributed by atoms with Crippen molar-refractivity contribution in [3.8, 4) is 0 Å². The Hall–Kier alpha value is -2.04. The van der Waals surface area contributed by atoms with Crippen LogP contribution < -0.4 is 5.43 Å². The fourth-order valence-electron chi connectivity index (χ4n) is 2.13. The van der Waals surface area contributed by atoms with Gasteiger partial charge in [-0.3, -0.25) is 15.5 Å². The van der Waals surface area contributed by atoms with Crippen molar-refractivity contribution in [3.05, 3.63) is 28.3 Å². The summed E-state index contributed by atoms with van der Waals surface area (Å²) in [4.78, 5) is 10.6. The van der Waals surface area contributed by atoms with Gasteiger partial charge in [-0.2, -0.15) is 9.41 Å². The van der Waals surface area contributed by atoms with Crippen molar-refractivity contribution in [2.75, 3.05) is 31.7 Å². The highest BCUT2D eigenvalue weighted by Crippen LogP contribution is 2.29. The largest absolute Gasteiger partial charge is 0.379 e. The molecule has 0 aromatic heterocycles. The summed E-state index contributed by atoms with van der Waals surface area (Å²) in [6.45, 7) is 6.79. The fourth-order valence-corrected chi connectivity index (χ4v) is 3.56. The van der Waals surface area contributed by atoms with E-state index in [4.69, 9.17) is 4.74 Å². The Morgan fingerprint density at radius 1 is 1.36 bits per heavy atom. The SMILES string of the molecule is C/C(=N/Nc1ccc(S(=O)(=O)N2CCOCC2)cc1[N+](=O)[O-])C(C)C. The molecule has 1 aromatic carbocycles. The summed E-state index contributed by atoms with van der Waals surface area (Å²) in [5, 5.41) is 15.4. The first-order valence-electron chi connectivity index (χ1n) is 7.90. The molecule has 1 heterocycles. The smallest absolute Gasteiger partial charge is 0.295 e. The number of morpholine rings is 1. The molecule has 25 heavy (non-hydrogen) atoms. The lowest BCUT2D eigenvalue weighted by atomic mass is 10.1. The Balaban J connectivity index is 2.35. The lowest BCUT2D eigenvalue weighted by Crippen LogP contribution is -2.40. The minimum atomic E-state index is -3.79. The van der Waals surface area contributed by atoms with E-state index in [-0.39, 0.29) is 35.3 Å². The van der Waals surface area contributed by atoms with Crippen molar-refractivity contribution in [1.82, 2.24) is 4.31 Å². The Morgan fingerprint density at radius 3 is 2.56 bits per heavy atom. The number of nitrogens with zero attached hydrogens (tertiary/aromatic N) is 3. The molecule has 2 rings (SSSR count). The molecule has 1 N–H and O–H groups in total. The molecule has 138 valence electrons. The van der Waals surface area contributed by atoms with Crippen LogP contribution in [0, 0.1) is 16.0 Å². The zero-order chi connectivity index (χ0) is 18.6. The van der Waals surface area contributed by atoms with Crippen LogP contribution in [0.1, 0.15) is 20.8 Å². The maximum atomic E-state index is 12.6. The second-order valence-corrected chi connectivity index (χ2v) is 7.91. The number of anilines is 1. The van der Waals surface area contributed by atoms with E-state index in [0.717, 1.165) is 11.8 Å². The Bertz CT molecular complexity index is 770. The van der Waals surface area contributed by atoms with E-state index in [1.807, 2.05) is 13.8 Å². The van der Waals surface area contributed by atoms with Gasteiger partial charge < -0.3 is 4.74 Å². The second kappa shape index (κ2) is 7.89. The Labute approximate surface area is 146 Å². The highest BCUT2D eigenvalue weighted by Gasteiger charge is 2.28. The zero-order valence-electron chi connectivity index (χ0n) is 14.4. The van der Waals surface area contributed by atoms with Gasteiger partial charge in [0.25, 0.3) is 5.69 Å². The quantitative estimate of drug-likeness (QED) is 0.466. The maximum absolute atomic E-state index is 12.6. The number of ether oxygens (including phenoxy) is 1. The molecule has 1 saturated heterocycles. The summed E-state index contributed by atoms with van der Waals surface area (Å²) < 4.78 is 31.7. The second-order valence-electron chi connectivity index (χ2n) is 5.97. The number of hydrazone groups is 1. The van der Waals surface area contributed by atoms with E-state index in [1.165, 1.54) is 16.4 Å². The Morgan fingerprint density at radius 2 is 2.00 bits per heavy atom. The van der Waals surface area contributed by atoms with E-state index in [1.54, 1.807) is 6.92 Å². The minimum absolute atomic E-state index is 0.115. The number of nitro benzene ring substituents is 1. The number of rotatable bonds is 6. The lowest BCUT2D eigenvalue weighted by molar-refractivity contribution is -0.384. The molecule has 0 spiro atoms. The number of sulfonamides is 1. The van der Waals surface area contributed by atoms with Crippen LogP contribution >= 0.6 is 0 Å². The highest BCUT2D eigenvalue weighted by molar-refractivity contribution is 7.89. The van der Waals surface area contributed by atoms with Crippen molar-refractivity contribution in [3.63, 3.8) is 0 Å². The summed E-state index contributed by atoms with van der Waals surface area (Å²) in [6, 6.07) is 3.77. The molecule has 1 aromatic rings. The molecule has 1 fully saturated rings. The summed E-state index contributed by atoms with van der Waals surface area (Å²) in [6.07, 6.45) is 0. The van der Waals surface area contributed by atoms with Crippen molar-refractivity contribution in [2.45, 2.75) is 25.7 Å². The first-order chi connectivity index (χ1) is 11.7. The van der Waals surface area contributed by atoms with E-state index < -0.39 is 14.9 Å². The number of hydrogen-bond acceptors (Lipinski definition) is 7. The first kappa shape index (κ1) is 19.3. The molecule has 10 heteroatoms. The molecule has 1 aliphatic heterocycles. The van der Waals surface area contributed by atoms with Crippen LogP contribution in [0.25, 0.3) is 0 Å². The normalized spacial score (nSPS) is 16.9. The Kier molecular flexibility index (Phi) is 6.09.